The van der Waals surface area contributed by atoms with E-state index in [1.54, 1.807) is 12.1 Å². The number of nitro groups is 1. The van der Waals surface area contributed by atoms with Crippen LogP contribution in [0.4, 0.5) is 16.5 Å². The molecule has 0 unspecified atom stereocenters. The van der Waals surface area contributed by atoms with E-state index in [0.717, 1.165) is 23.0 Å². The maximum atomic E-state index is 11.4. The molecule has 132 valence electrons. The number of aromatic nitrogens is 2. The molecule has 0 amide bonds. The molecule has 0 aliphatic carbocycles. The summed E-state index contributed by atoms with van der Waals surface area (Å²) in [7, 11) is 0. The summed E-state index contributed by atoms with van der Waals surface area (Å²) >= 11 is 2.45. The molecule has 26 heavy (non-hydrogen) atoms. The first-order chi connectivity index (χ1) is 12.4. The Morgan fingerprint density at radius 1 is 1.23 bits per heavy atom. The van der Waals surface area contributed by atoms with Crippen LogP contribution in [0.5, 0.6) is 0 Å². The molecular formula is C17H14N4O3S2. The van der Waals surface area contributed by atoms with Crippen molar-refractivity contribution in [3.05, 3.63) is 63.7 Å². The van der Waals surface area contributed by atoms with Gasteiger partial charge in [0, 0.05) is 17.3 Å². The van der Waals surface area contributed by atoms with E-state index in [1.165, 1.54) is 24.3 Å². The fourth-order valence-corrected chi connectivity index (χ4v) is 4.02. The van der Waals surface area contributed by atoms with Gasteiger partial charge in [0.05, 0.1) is 9.82 Å². The zero-order valence-corrected chi connectivity index (χ0v) is 15.6. The Labute approximate surface area is 157 Å². The summed E-state index contributed by atoms with van der Waals surface area (Å²) in [4.78, 5) is 22.7. The van der Waals surface area contributed by atoms with Gasteiger partial charge < -0.3 is 5.32 Å². The second-order valence-electron chi connectivity index (χ2n) is 5.47. The highest BCUT2D eigenvalue weighted by atomic mass is 32.2. The average Bonchev–Trinajstić information content (AvgIpc) is 3.01. The van der Waals surface area contributed by atoms with E-state index in [9.17, 15) is 14.9 Å². The molecule has 9 heteroatoms. The van der Waals surface area contributed by atoms with Crippen LogP contribution in [0.25, 0.3) is 0 Å². The highest BCUT2D eigenvalue weighted by Crippen LogP contribution is 2.38. The van der Waals surface area contributed by atoms with E-state index in [-0.39, 0.29) is 11.5 Å². The quantitative estimate of drug-likeness (QED) is 0.367. The minimum absolute atomic E-state index is 0.119. The van der Waals surface area contributed by atoms with Gasteiger partial charge >= 0.3 is 0 Å². The summed E-state index contributed by atoms with van der Waals surface area (Å²) in [6, 6.07) is 12.3. The zero-order chi connectivity index (χ0) is 18.7. The van der Waals surface area contributed by atoms with E-state index < -0.39 is 4.92 Å². The van der Waals surface area contributed by atoms with Crippen molar-refractivity contribution in [2.24, 2.45) is 0 Å². The topological polar surface area (TPSA) is 98.0 Å². The van der Waals surface area contributed by atoms with Crippen LogP contribution in [0.1, 0.15) is 22.8 Å². The van der Waals surface area contributed by atoms with Crippen LogP contribution >= 0.6 is 23.1 Å². The van der Waals surface area contributed by atoms with Gasteiger partial charge in [-0.2, -0.15) is 0 Å². The highest BCUT2D eigenvalue weighted by Gasteiger charge is 2.19. The van der Waals surface area contributed by atoms with Crippen molar-refractivity contribution in [1.82, 2.24) is 10.2 Å². The van der Waals surface area contributed by atoms with E-state index >= 15 is 0 Å². The van der Waals surface area contributed by atoms with Gasteiger partial charge in [0.25, 0.3) is 5.69 Å². The number of benzene rings is 2. The van der Waals surface area contributed by atoms with Gasteiger partial charge in [-0.25, -0.2) is 0 Å². The first kappa shape index (κ1) is 18.0. The van der Waals surface area contributed by atoms with Gasteiger partial charge in [-0.05, 0) is 55.4 Å². The van der Waals surface area contributed by atoms with Gasteiger partial charge in [-0.3, -0.25) is 14.9 Å². The van der Waals surface area contributed by atoms with E-state index in [0.29, 0.717) is 19.9 Å². The molecule has 0 saturated carbocycles. The molecule has 0 spiro atoms. The molecule has 0 radical (unpaired) electrons. The number of hydrogen-bond donors (Lipinski definition) is 1. The lowest BCUT2D eigenvalue weighted by atomic mass is 10.1. The van der Waals surface area contributed by atoms with Crippen LogP contribution in [-0.2, 0) is 0 Å². The standard InChI is InChI=1S/C17H14N4O3S2/c1-10-4-3-5-13(8-10)18-16-19-20-17(26-16)25-15-7-6-12(11(2)22)9-14(15)21(23)24/h3-9H,1-2H3,(H,18,19). The Bertz CT molecular complexity index is 988. The van der Waals surface area contributed by atoms with Crippen LogP contribution in [0.15, 0.2) is 51.7 Å². The number of anilines is 2. The predicted molar refractivity (Wildman–Crippen MR) is 102 cm³/mol. The number of carbonyl (C=O) groups is 1. The molecular weight excluding hydrogens is 372 g/mol. The van der Waals surface area contributed by atoms with E-state index in [4.69, 9.17) is 0 Å². The molecule has 0 aliphatic rings. The molecule has 0 bridgehead atoms. The summed E-state index contributed by atoms with van der Waals surface area (Å²) in [5, 5.41) is 23.2. The number of hydrogen-bond acceptors (Lipinski definition) is 8. The number of rotatable bonds is 6. The SMILES string of the molecule is CC(=O)c1ccc(Sc2nnc(Nc3cccc(C)c3)s2)c([N+](=O)[O-])c1. The van der Waals surface area contributed by atoms with Crippen molar-refractivity contribution >= 4 is 45.4 Å². The number of nitrogens with one attached hydrogen (secondary N) is 1. The average molecular weight is 386 g/mol. The van der Waals surface area contributed by atoms with Crippen molar-refractivity contribution in [3.8, 4) is 0 Å². The fraction of sp³-hybridized carbons (Fsp3) is 0.118. The third kappa shape index (κ3) is 4.24. The van der Waals surface area contributed by atoms with Gasteiger partial charge in [-0.1, -0.05) is 23.5 Å². The molecule has 0 saturated heterocycles. The third-order valence-corrected chi connectivity index (χ3v) is 5.39. The molecule has 3 aromatic rings. The molecule has 2 aromatic carbocycles. The largest absolute Gasteiger partial charge is 0.330 e. The number of ketones is 1. The Morgan fingerprint density at radius 3 is 2.73 bits per heavy atom. The smallest absolute Gasteiger partial charge is 0.284 e. The van der Waals surface area contributed by atoms with Crippen LogP contribution < -0.4 is 5.32 Å². The monoisotopic (exact) mass is 386 g/mol. The molecule has 0 fully saturated rings. The Morgan fingerprint density at radius 2 is 2.04 bits per heavy atom. The Hall–Kier alpha value is -2.78. The second kappa shape index (κ2) is 7.63. The minimum atomic E-state index is -0.498. The van der Waals surface area contributed by atoms with Gasteiger partial charge in [-0.15, -0.1) is 10.2 Å². The summed E-state index contributed by atoms with van der Waals surface area (Å²) in [5.74, 6) is -0.217. The maximum Gasteiger partial charge on any atom is 0.284 e. The Balaban J connectivity index is 1.80. The summed E-state index contributed by atoms with van der Waals surface area (Å²) in [6.07, 6.45) is 0. The molecule has 3 rings (SSSR count). The third-order valence-electron chi connectivity index (χ3n) is 3.44. The number of Topliss-reactive ketones (excluding diaryl/α,β-unsaturated/α-hetero) is 1. The summed E-state index contributed by atoms with van der Waals surface area (Å²) in [6.45, 7) is 3.37. The van der Waals surface area contributed by atoms with Gasteiger partial charge in [0.1, 0.15) is 0 Å². The van der Waals surface area contributed by atoms with Crippen molar-refractivity contribution in [1.29, 1.82) is 0 Å². The number of carbonyl (C=O) groups excluding carboxylic acids is 1. The van der Waals surface area contributed by atoms with Crippen LogP contribution in [-0.4, -0.2) is 20.9 Å². The van der Waals surface area contributed by atoms with Crippen molar-refractivity contribution in [2.75, 3.05) is 5.32 Å². The summed E-state index contributed by atoms with van der Waals surface area (Å²) < 4.78 is 0.568. The number of nitro benzene ring substituents is 1. The normalized spacial score (nSPS) is 10.5. The second-order valence-corrected chi connectivity index (χ2v) is 7.73. The predicted octanol–water partition coefficient (Wildman–Crippen LogP) is 4.85. The first-order valence-electron chi connectivity index (χ1n) is 7.57. The molecule has 1 heterocycles. The minimum Gasteiger partial charge on any atom is -0.330 e. The highest BCUT2D eigenvalue weighted by molar-refractivity contribution is 8.01. The van der Waals surface area contributed by atoms with Crippen molar-refractivity contribution in [2.45, 2.75) is 23.1 Å². The van der Waals surface area contributed by atoms with E-state index in [2.05, 4.69) is 15.5 Å². The van der Waals surface area contributed by atoms with Crippen LogP contribution in [0, 0.1) is 17.0 Å². The number of aryl methyl sites for hydroxylation is 1. The van der Waals surface area contributed by atoms with Gasteiger partial charge in [0.2, 0.25) is 5.13 Å². The van der Waals surface area contributed by atoms with Gasteiger partial charge in [0.15, 0.2) is 10.1 Å². The molecule has 1 aromatic heterocycles. The first-order valence-corrected chi connectivity index (χ1v) is 9.20. The zero-order valence-electron chi connectivity index (χ0n) is 13.9. The Kier molecular flexibility index (Phi) is 5.29. The lowest BCUT2D eigenvalue weighted by Gasteiger charge is -2.02. The van der Waals surface area contributed by atoms with Crippen LogP contribution in [0.3, 0.4) is 0 Å². The van der Waals surface area contributed by atoms with Crippen molar-refractivity contribution < 1.29 is 9.72 Å². The lowest BCUT2D eigenvalue weighted by Crippen LogP contribution is -1.96. The molecule has 1 N–H and O–H groups in total. The fourth-order valence-electron chi connectivity index (χ4n) is 2.21. The molecule has 7 nitrogen and oxygen atoms in total. The van der Waals surface area contributed by atoms with E-state index in [1.807, 2.05) is 31.2 Å². The van der Waals surface area contributed by atoms with Crippen LogP contribution in [0.2, 0.25) is 0 Å². The molecule has 0 aliphatic heterocycles. The van der Waals surface area contributed by atoms with Crippen molar-refractivity contribution in [3.63, 3.8) is 0 Å². The summed E-state index contributed by atoms with van der Waals surface area (Å²) in [5.41, 5.74) is 2.20. The lowest BCUT2D eigenvalue weighted by molar-refractivity contribution is -0.387. The molecule has 0 atom stereocenters. The maximum absolute atomic E-state index is 11.4. The number of nitrogens with zero attached hydrogens (tertiary/aromatic N) is 3.